The number of esters is 1. The van der Waals surface area contributed by atoms with Gasteiger partial charge >= 0.3 is 5.97 Å². The van der Waals surface area contributed by atoms with Crippen LogP contribution in [0.15, 0.2) is 48.6 Å². The number of benzene rings is 1. The van der Waals surface area contributed by atoms with Gasteiger partial charge < -0.3 is 24.3 Å². The van der Waals surface area contributed by atoms with Gasteiger partial charge in [0, 0.05) is 41.8 Å². The van der Waals surface area contributed by atoms with Gasteiger partial charge in [0.25, 0.3) is 11.7 Å². The Balaban J connectivity index is 1.79. The first-order valence-corrected chi connectivity index (χ1v) is 11.4. The van der Waals surface area contributed by atoms with Gasteiger partial charge in [-0.3, -0.25) is 9.59 Å². The Hall–Kier alpha value is -3.85. The van der Waals surface area contributed by atoms with Crippen LogP contribution >= 0.6 is 11.6 Å². The quantitative estimate of drug-likeness (QED) is 0.222. The van der Waals surface area contributed by atoms with Gasteiger partial charge in [0.1, 0.15) is 11.5 Å². The standard InChI is InChI=1S/C25H25ClN4O5/c1-14-18(15(2)28-20(14)25(34)35-3)22(31)19-21(16-5-7-17(26)8-6-16)30(24(33)23(19)32)11-4-10-29-12-9-27-13-29/h5-9,12-13,21,28,31H,4,10-11H2,1-3H3/t21-/m0/s1. The first kappa shape index (κ1) is 24.3. The van der Waals surface area contributed by atoms with E-state index in [-0.39, 0.29) is 23.6 Å². The lowest BCUT2D eigenvalue weighted by Crippen LogP contribution is -2.31. The lowest BCUT2D eigenvalue weighted by molar-refractivity contribution is -0.139. The van der Waals surface area contributed by atoms with E-state index < -0.39 is 23.7 Å². The molecule has 0 spiro atoms. The van der Waals surface area contributed by atoms with Crippen molar-refractivity contribution in [3.05, 3.63) is 81.7 Å². The van der Waals surface area contributed by atoms with Crippen LogP contribution in [0.3, 0.4) is 0 Å². The molecule has 1 aromatic carbocycles. The number of ether oxygens (including phenoxy) is 1. The van der Waals surface area contributed by atoms with E-state index >= 15 is 0 Å². The van der Waals surface area contributed by atoms with Gasteiger partial charge in [-0.1, -0.05) is 23.7 Å². The lowest BCUT2D eigenvalue weighted by atomic mass is 9.94. The van der Waals surface area contributed by atoms with Crippen LogP contribution < -0.4 is 0 Å². The number of aromatic nitrogens is 3. The molecule has 1 saturated heterocycles. The molecule has 10 heteroatoms. The number of carbonyl (C=O) groups is 3. The number of hydrogen-bond acceptors (Lipinski definition) is 6. The highest BCUT2D eigenvalue weighted by molar-refractivity contribution is 6.46. The maximum absolute atomic E-state index is 13.2. The number of carbonyl (C=O) groups excluding carboxylic acids is 3. The van der Waals surface area contributed by atoms with Gasteiger partial charge in [0.05, 0.1) is 25.1 Å². The van der Waals surface area contributed by atoms with Crippen LogP contribution in [-0.4, -0.2) is 55.9 Å². The van der Waals surface area contributed by atoms with Crippen molar-refractivity contribution in [3.63, 3.8) is 0 Å². The third-order valence-corrected chi connectivity index (χ3v) is 6.42. The number of nitrogens with one attached hydrogen (secondary N) is 1. The number of amides is 1. The van der Waals surface area contributed by atoms with E-state index in [4.69, 9.17) is 16.3 Å². The van der Waals surface area contributed by atoms with Crippen LogP contribution in [0, 0.1) is 13.8 Å². The molecule has 9 nitrogen and oxygen atoms in total. The van der Waals surface area contributed by atoms with Crippen LogP contribution in [0.5, 0.6) is 0 Å². The van der Waals surface area contributed by atoms with E-state index in [0.29, 0.717) is 40.4 Å². The summed E-state index contributed by atoms with van der Waals surface area (Å²) in [6, 6.07) is 5.98. The predicted octanol–water partition coefficient (Wildman–Crippen LogP) is 3.78. The largest absolute Gasteiger partial charge is 0.507 e. The number of aliphatic hydroxyl groups is 1. The molecular weight excluding hydrogens is 472 g/mol. The van der Waals surface area contributed by atoms with Gasteiger partial charge in [0.2, 0.25) is 0 Å². The zero-order valence-corrected chi connectivity index (χ0v) is 20.3. The van der Waals surface area contributed by atoms with Gasteiger partial charge in [0.15, 0.2) is 0 Å². The van der Waals surface area contributed by atoms with Crippen molar-refractivity contribution in [2.24, 2.45) is 0 Å². The number of halogens is 1. The highest BCUT2D eigenvalue weighted by Gasteiger charge is 2.46. The average Bonchev–Trinajstić information content (AvgIpc) is 3.52. The number of aliphatic hydroxyl groups excluding tert-OH is 1. The lowest BCUT2D eigenvalue weighted by Gasteiger charge is -2.25. The summed E-state index contributed by atoms with van der Waals surface area (Å²) in [6.45, 7) is 4.20. The summed E-state index contributed by atoms with van der Waals surface area (Å²) in [7, 11) is 1.26. The van der Waals surface area contributed by atoms with Crippen LogP contribution in [0.4, 0.5) is 0 Å². The third kappa shape index (κ3) is 4.46. The normalized spacial score (nSPS) is 17.3. The molecule has 0 saturated carbocycles. The smallest absolute Gasteiger partial charge is 0.354 e. The van der Waals surface area contributed by atoms with E-state index in [0.717, 1.165) is 0 Å². The summed E-state index contributed by atoms with van der Waals surface area (Å²) in [5, 5.41) is 11.9. The van der Waals surface area contributed by atoms with E-state index in [2.05, 4.69) is 9.97 Å². The Kier molecular flexibility index (Phi) is 6.79. The first-order chi connectivity index (χ1) is 16.7. The van der Waals surface area contributed by atoms with Crippen molar-refractivity contribution in [2.75, 3.05) is 13.7 Å². The van der Waals surface area contributed by atoms with Crippen LogP contribution in [0.1, 0.15) is 45.3 Å². The monoisotopic (exact) mass is 496 g/mol. The van der Waals surface area contributed by atoms with E-state index in [9.17, 15) is 19.5 Å². The minimum atomic E-state index is -0.815. The second kappa shape index (κ2) is 9.79. The number of hydrogen-bond donors (Lipinski definition) is 2. The second-order valence-electron chi connectivity index (χ2n) is 8.31. The molecule has 0 aliphatic carbocycles. The Labute approximate surface area is 207 Å². The van der Waals surface area contributed by atoms with Gasteiger partial charge in [-0.15, -0.1) is 0 Å². The highest BCUT2D eigenvalue weighted by Crippen LogP contribution is 2.41. The molecule has 2 N–H and O–H groups in total. The fourth-order valence-electron chi connectivity index (χ4n) is 4.49. The first-order valence-electron chi connectivity index (χ1n) is 11.0. The number of nitrogens with zero attached hydrogens (tertiary/aromatic N) is 3. The molecule has 0 unspecified atom stereocenters. The number of rotatable bonds is 7. The van der Waals surface area contributed by atoms with Gasteiger partial charge in [-0.05, 0) is 43.5 Å². The molecule has 4 rings (SSSR count). The van der Waals surface area contributed by atoms with Gasteiger partial charge in [-0.2, -0.15) is 0 Å². The van der Waals surface area contributed by atoms with Crippen LogP contribution in [0.2, 0.25) is 5.02 Å². The zero-order valence-electron chi connectivity index (χ0n) is 19.5. The minimum Gasteiger partial charge on any atom is -0.507 e. The fourth-order valence-corrected chi connectivity index (χ4v) is 4.62. The molecule has 1 aliphatic heterocycles. The Morgan fingerprint density at radius 1 is 1.20 bits per heavy atom. The molecule has 3 aromatic rings. The number of Topliss-reactive ketones (excluding diaryl/α,β-unsaturated/α-hetero) is 1. The Morgan fingerprint density at radius 3 is 2.54 bits per heavy atom. The predicted molar refractivity (Wildman–Crippen MR) is 129 cm³/mol. The summed E-state index contributed by atoms with van der Waals surface area (Å²) in [6.07, 6.45) is 5.74. The summed E-state index contributed by atoms with van der Waals surface area (Å²) < 4.78 is 6.69. The number of H-pyrrole nitrogens is 1. The topological polar surface area (TPSA) is 118 Å². The molecule has 1 amide bonds. The summed E-state index contributed by atoms with van der Waals surface area (Å²) in [4.78, 5) is 46.9. The molecular formula is C25H25ClN4O5. The van der Waals surface area contributed by atoms with Crippen molar-refractivity contribution in [1.29, 1.82) is 0 Å². The SMILES string of the molecule is COC(=O)c1[nH]c(C)c(C(O)=C2C(=O)C(=O)N(CCCn3ccnc3)[C@H]2c2ccc(Cl)cc2)c1C. The highest BCUT2D eigenvalue weighted by atomic mass is 35.5. The van der Waals surface area contributed by atoms with E-state index in [1.165, 1.54) is 12.0 Å². The molecule has 3 heterocycles. The van der Waals surface area contributed by atoms with Crippen molar-refractivity contribution < 1.29 is 24.2 Å². The summed E-state index contributed by atoms with van der Waals surface area (Å²) in [5.41, 5.74) is 1.96. The number of methoxy groups -OCH3 is 1. The molecule has 1 aliphatic rings. The molecule has 35 heavy (non-hydrogen) atoms. The molecule has 0 bridgehead atoms. The second-order valence-corrected chi connectivity index (χ2v) is 8.75. The molecule has 182 valence electrons. The molecule has 1 atom stereocenters. The third-order valence-electron chi connectivity index (χ3n) is 6.16. The summed E-state index contributed by atoms with van der Waals surface area (Å²) >= 11 is 6.07. The van der Waals surface area contributed by atoms with Crippen molar-refractivity contribution in [2.45, 2.75) is 32.9 Å². The van der Waals surface area contributed by atoms with Crippen molar-refractivity contribution in [3.8, 4) is 0 Å². The van der Waals surface area contributed by atoms with E-state index in [1.807, 2.05) is 10.8 Å². The minimum absolute atomic E-state index is 0.0402. The Bertz CT molecular complexity index is 1310. The number of likely N-dealkylation sites (tertiary alicyclic amines) is 1. The Morgan fingerprint density at radius 2 is 1.91 bits per heavy atom. The number of aromatic amines is 1. The van der Waals surface area contributed by atoms with Gasteiger partial charge in [-0.25, -0.2) is 9.78 Å². The molecule has 2 aromatic heterocycles. The van der Waals surface area contributed by atoms with E-state index in [1.54, 1.807) is 50.6 Å². The fraction of sp³-hybridized carbons (Fsp3) is 0.280. The average molecular weight is 497 g/mol. The van der Waals surface area contributed by atoms with Crippen molar-refractivity contribution in [1.82, 2.24) is 19.4 Å². The van der Waals surface area contributed by atoms with Crippen molar-refractivity contribution >= 4 is 35.0 Å². The maximum Gasteiger partial charge on any atom is 0.354 e. The molecule has 1 fully saturated rings. The van der Waals surface area contributed by atoms with Crippen LogP contribution in [0.25, 0.3) is 5.76 Å². The summed E-state index contributed by atoms with van der Waals surface area (Å²) in [5.74, 6) is -2.43. The number of imidazole rings is 1. The zero-order chi connectivity index (χ0) is 25.3. The molecule has 0 radical (unpaired) electrons. The van der Waals surface area contributed by atoms with Crippen LogP contribution in [-0.2, 0) is 20.9 Å². The number of ketones is 1. The number of aryl methyl sites for hydroxylation is 2. The maximum atomic E-state index is 13.2.